The second-order valence-electron chi connectivity index (χ2n) is 13.3. The molecule has 4 heterocycles. The number of nitrogens with zero attached hydrogens (tertiary/aromatic N) is 6. The van der Waals surface area contributed by atoms with Gasteiger partial charge in [0.1, 0.15) is 5.69 Å². The van der Waals surface area contributed by atoms with Crippen LogP contribution in [0.15, 0.2) is 176 Å². The summed E-state index contributed by atoms with van der Waals surface area (Å²) in [5, 5.41) is 15.3. The summed E-state index contributed by atoms with van der Waals surface area (Å²) in [6, 6.07) is 44.4. The molecule has 0 amide bonds. The zero-order chi connectivity index (χ0) is 37.0. The predicted octanol–water partition coefficient (Wildman–Crippen LogP) is 10.6. The van der Waals surface area contributed by atoms with E-state index in [1.165, 1.54) is 0 Å². The lowest BCUT2D eigenvalue weighted by molar-refractivity contribution is 0.878. The van der Waals surface area contributed by atoms with Crippen LogP contribution in [0.2, 0.25) is 0 Å². The van der Waals surface area contributed by atoms with E-state index in [0.717, 1.165) is 61.2 Å². The van der Waals surface area contributed by atoms with Gasteiger partial charge in [0, 0.05) is 70.0 Å². The van der Waals surface area contributed by atoms with Gasteiger partial charge in [0.15, 0.2) is 17.5 Å². The molecular formula is C47H34N8. The molecule has 8 heteroatoms. The van der Waals surface area contributed by atoms with Crippen molar-refractivity contribution in [1.82, 2.24) is 29.9 Å². The Morgan fingerprint density at radius 3 is 2.04 bits per heavy atom. The first-order valence-electron chi connectivity index (χ1n) is 18.1. The number of pyridine rings is 3. The van der Waals surface area contributed by atoms with E-state index >= 15 is 0 Å². The van der Waals surface area contributed by atoms with Gasteiger partial charge in [0.25, 0.3) is 0 Å². The van der Waals surface area contributed by atoms with E-state index in [9.17, 15) is 5.41 Å². The van der Waals surface area contributed by atoms with Gasteiger partial charge in [-0.2, -0.15) is 0 Å². The fraction of sp³-hybridized carbons (Fsp3) is 0.0426. The highest BCUT2D eigenvalue weighted by molar-refractivity contribution is 6.16. The molecule has 4 aromatic carbocycles. The van der Waals surface area contributed by atoms with E-state index in [-0.39, 0.29) is 5.92 Å². The molecule has 1 atom stereocenters. The van der Waals surface area contributed by atoms with Crippen molar-refractivity contribution in [3.8, 4) is 45.6 Å². The molecule has 0 spiro atoms. The molecule has 8 aromatic rings. The maximum Gasteiger partial charge on any atom is 0.182 e. The van der Waals surface area contributed by atoms with Gasteiger partial charge in [-0.25, -0.2) is 19.9 Å². The molecule has 4 aromatic heterocycles. The number of nitrogens with one attached hydrogen (secondary N) is 2. The Morgan fingerprint density at radius 1 is 0.564 bits per heavy atom. The molecule has 2 N–H and O–H groups in total. The zero-order valence-electron chi connectivity index (χ0n) is 29.7. The molecular weight excluding hydrogens is 677 g/mol. The second kappa shape index (κ2) is 14.9. The average molecular weight is 711 g/mol. The van der Waals surface area contributed by atoms with Crippen LogP contribution in [0.25, 0.3) is 61.9 Å². The van der Waals surface area contributed by atoms with E-state index in [2.05, 4.69) is 82.0 Å². The first-order chi connectivity index (χ1) is 27.2. The fourth-order valence-corrected chi connectivity index (χ4v) is 6.97. The van der Waals surface area contributed by atoms with Crippen molar-refractivity contribution < 1.29 is 0 Å². The number of allylic oxidation sites excluding steroid dienone is 4. The van der Waals surface area contributed by atoms with Crippen LogP contribution in [0.3, 0.4) is 0 Å². The average Bonchev–Trinajstić information content (AvgIpc) is 3.27. The fourth-order valence-electron chi connectivity index (χ4n) is 6.97. The number of hydrogen-bond acceptors (Lipinski definition) is 8. The summed E-state index contributed by atoms with van der Waals surface area (Å²) in [5.74, 6) is 1.51. The van der Waals surface area contributed by atoms with Crippen LogP contribution in [-0.4, -0.2) is 35.6 Å². The quantitative estimate of drug-likeness (QED) is 0.143. The minimum atomic E-state index is -0.119. The molecule has 0 saturated heterocycles. The Morgan fingerprint density at radius 2 is 1.22 bits per heavy atom. The lowest BCUT2D eigenvalue weighted by Crippen LogP contribution is -2.17. The van der Waals surface area contributed by atoms with Gasteiger partial charge >= 0.3 is 0 Å². The summed E-state index contributed by atoms with van der Waals surface area (Å²) in [6.45, 7) is 0. The topological polar surface area (TPSA) is 113 Å². The van der Waals surface area contributed by atoms with Crippen LogP contribution < -0.4 is 5.32 Å². The zero-order valence-corrected chi connectivity index (χ0v) is 29.7. The highest BCUT2D eigenvalue weighted by Crippen LogP contribution is 2.36. The second-order valence-corrected chi connectivity index (χ2v) is 13.3. The van der Waals surface area contributed by atoms with Crippen molar-refractivity contribution >= 4 is 33.4 Å². The van der Waals surface area contributed by atoms with Crippen molar-refractivity contribution in [3.63, 3.8) is 0 Å². The molecule has 1 aliphatic carbocycles. The lowest BCUT2D eigenvalue weighted by atomic mass is 9.83. The van der Waals surface area contributed by atoms with Gasteiger partial charge in [-0.05, 0) is 76.9 Å². The summed E-state index contributed by atoms with van der Waals surface area (Å²) < 4.78 is 0. The molecule has 8 nitrogen and oxygen atoms in total. The number of rotatable bonds is 9. The molecule has 0 fully saturated rings. The van der Waals surface area contributed by atoms with Gasteiger partial charge in [0.2, 0.25) is 0 Å². The van der Waals surface area contributed by atoms with Crippen molar-refractivity contribution in [2.45, 2.75) is 6.42 Å². The maximum atomic E-state index is 9.63. The minimum absolute atomic E-state index is 0.119. The first-order valence-corrected chi connectivity index (χ1v) is 18.1. The van der Waals surface area contributed by atoms with Gasteiger partial charge in [-0.1, -0.05) is 103 Å². The van der Waals surface area contributed by atoms with E-state index < -0.39 is 0 Å². The minimum Gasteiger partial charge on any atom is -0.355 e. The van der Waals surface area contributed by atoms with Crippen LogP contribution in [0, 0.1) is 11.3 Å². The summed E-state index contributed by atoms with van der Waals surface area (Å²) in [6.07, 6.45) is 14.1. The maximum absolute atomic E-state index is 9.63. The number of fused-ring (bicyclic) bond motifs is 1. The lowest BCUT2D eigenvalue weighted by Gasteiger charge is -2.23. The Bertz CT molecular complexity index is 2670. The molecule has 0 saturated carbocycles. The van der Waals surface area contributed by atoms with Crippen LogP contribution in [0.1, 0.15) is 17.5 Å². The number of aromatic nitrogens is 6. The van der Waals surface area contributed by atoms with Gasteiger partial charge in [-0.3, -0.25) is 9.97 Å². The molecule has 1 aliphatic rings. The Hall–Kier alpha value is -7.45. The van der Waals surface area contributed by atoms with Crippen molar-refractivity contribution in [2.24, 2.45) is 5.92 Å². The summed E-state index contributed by atoms with van der Waals surface area (Å²) in [5.41, 5.74) is 9.73. The van der Waals surface area contributed by atoms with E-state index in [1.807, 2.05) is 84.9 Å². The first kappa shape index (κ1) is 33.4. The number of hydrogen-bond donors (Lipinski definition) is 2. The normalized spacial score (nSPS) is 13.7. The van der Waals surface area contributed by atoms with Crippen molar-refractivity contribution in [1.29, 1.82) is 5.41 Å². The summed E-state index contributed by atoms with van der Waals surface area (Å²) in [7, 11) is 0. The van der Waals surface area contributed by atoms with Gasteiger partial charge in [0.05, 0.1) is 5.69 Å². The molecule has 262 valence electrons. The van der Waals surface area contributed by atoms with E-state index in [4.69, 9.17) is 19.9 Å². The largest absolute Gasteiger partial charge is 0.355 e. The van der Waals surface area contributed by atoms with E-state index in [1.54, 1.807) is 24.8 Å². The van der Waals surface area contributed by atoms with Crippen LogP contribution in [0.4, 0.5) is 11.4 Å². The van der Waals surface area contributed by atoms with Crippen LogP contribution in [-0.2, 0) is 0 Å². The molecule has 1 unspecified atom stereocenters. The van der Waals surface area contributed by atoms with Crippen LogP contribution in [0.5, 0.6) is 0 Å². The Balaban J connectivity index is 1.02. The van der Waals surface area contributed by atoms with Gasteiger partial charge in [-0.15, -0.1) is 0 Å². The standard InChI is InChI=1S/C47H34N8/c48-44(43-39-16-5-4-9-31(39)19-20-41(43)51-38-23-27-50-28-24-38)37-15-7-13-35(30-37)34-12-6-14-36(29-34)40-17-8-18-42(52-40)47-54-45(32-10-2-1-3-11-32)53-46(55-47)33-21-25-49-26-22-33/h1-29,37,48H,30H2,(H,50,51). The predicted molar refractivity (Wildman–Crippen MR) is 221 cm³/mol. The van der Waals surface area contributed by atoms with Crippen LogP contribution >= 0.6 is 0 Å². The number of anilines is 2. The van der Waals surface area contributed by atoms with E-state index in [0.29, 0.717) is 35.3 Å². The monoisotopic (exact) mass is 710 g/mol. The third kappa shape index (κ3) is 7.04. The summed E-state index contributed by atoms with van der Waals surface area (Å²) in [4.78, 5) is 28.0. The molecule has 0 radical (unpaired) electrons. The molecule has 55 heavy (non-hydrogen) atoms. The smallest absolute Gasteiger partial charge is 0.182 e. The van der Waals surface area contributed by atoms with Crippen molar-refractivity contribution in [2.75, 3.05) is 5.32 Å². The third-order valence-electron chi connectivity index (χ3n) is 9.72. The molecule has 0 bridgehead atoms. The highest BCUT2D eigenvalue weighted by Gasteiger charge is 2.23. The third-order valence-corrected chi connectivity index (χ3v) is 9.72. The van der Waals surface area contributed by atoms with Gasteiger partial charge < -0.3 is 10.7 Å². The number of benzene rings is 4. The summed E-state index contributed by atoms with van der Waals surface area (Å²) >= 11 is 0. The Labute approximate surface area is 318 Å². The molecule has 0 aliphatic heterocycles. The SMILES string of the molecule is N=C(c1c(Nc2ccncc2)ccc2ccccc12)C1C=CC=C(c2cccc(-c3cccc(-c4nc(-c5ccccc5)nc(-c5ccncc5)n4)n3)c2)C1. The van der Waals surface area contributed by atoms with Crippen molar-refractivity contribution in [3.05, 3.63) is 188 Å². The molecule has 9 rings (SSSR count). The highest BCUT2D eigenvalue weighted by atomic mass is 15.0. The Kier molecular flexibility index (Phi) is 9.04.